The summed E-state index contributed by atoms with van der Waals surface area (Å²) >= 11 is 4.26. The van der Waals surface area contributed by atoms with Crippen LogP contribution in [-0.2, 0) is 0 Å². The molecule has 0 aromatic heterocycles. The van der Waals surface area contributed by atoms with Crippen molar-refractivity contribution in [1.82, 2.24) is 10.2 Å². The number of nitrogens with zero attached hydrogens (tertiary/aromatic N) is 1. The first-order valence-electron chi connectivity index (χ1n) is 7.11. The van der Waals surface area contributed by atoms with Crippen molar-refractivity contribution in [2.45, 2.75) is 12.1 Å². The second-order valence-corrected chi connectivity index (χ2v) is 7.52. The smallest absolute Gasteiger partial charge is 0.0449 e. The lowest BCUT2D eigenvalue weighted by molar-refractivity contribution is 0.167. The molecule has 2 saturated heterocycles. The van der Waals surface area contributed by atoms with E-state index in [0.717, 1.165) is 19.1 Å². The van der Waals surface area contributed by atoms with Crippen LogP contribution < -0.4 is 5.32 Å². The van der Waals surface area contributed by atoms with Crippen LogP contribution in [0.15, 0.2) is 30.3 Å². The third kappa shape index (κ3) is 3.69. The highest BCUT2D eigenvalue weighted by Gasteiger charge is 2.27. The minimum absolute atomic E-state index is 0.508. The molecule has 1 aromatic rings. The van der Waals surface area contributed by atoms with Crippen LogP contribution in [0.2, 0.25) is 0 Å². The van der Waals surface area contributed by atoms with Crippen LogP contribution in [0.1, 0.15) is 11.6 Å². The van der Waals surface area contributed by atoms with Gasteiger partial charge in [-0.25, -0.2) is 0 Å². The van der Waals surface area contributed by atoms with Gasteiger partial charge < -0.3 is 5.32 Å². The molecule has 0 bridgehead atoms. The normalized spacial score (nSPS) is 27.1. The molecule has 1 unspecified atom stereocenters. The maximum Gasteiger partial charge on any atom is 0.0449 e. The van der Waals surface area contributed by atoms with Gasteiger partial charge in [-0.3, -0.25) is 4.90 Å². The molecular weight excluding hydrogens is 272 g/mol. The second-order valence-electron chi connectivity index (χ2n) is 5.22. The van der Waals surface area contributed by atoms with Crippen LogP contribution in [-0.4, -0.2) is 53.6 Å². The van der Waals surface area contributed by atoms with E-state index in [4.69, 9.17) is 0 Å². The summed E-state index contributed by atoms with van der Waals surface area (Å²) in [5.74, 6) is 5.29. The quantitative estimate of drug-likeness (QED) is 0.901. The SMILES string of the molecule is c1ccc(C2CN(C3CSCCSC3)CCN2)cc1. The average Bonchev–Trinajstić information content (AvgIpc) is 2.77. The molecule has 0 aliphatic carbocycles. The molecule has 4 heteroatoms. The number of piperazine rings is 1. The van der Waals surface area contributed by atoms with E-state index < -0.39 is 0 Å². The molecule has 1 N–H and O–H groups in total. The van der Waals surface area contributed by atoms with Crippen molar-refractivity contribution in [3.8, 4) is 0 Å². The molecule has 19 heavy (non-hydrogen) atoms. The Bertz CT molecular complexity index is 377. The minimum atomic E-state index is 0.508. The summed E-state index contributed by atoms with van der Waals surface area (Å²) < 4.78 is 0. The Morgan fingerprint density at radius 2 is 1.79 bits per heavy atom. The molecule has 2 fully saturated rings. The first-order chi connectivity index (χ1) is 9.43. The van der Waals surface area contributed by atoms with Gasteiger partial charge in [-0.05, 0) is 5.56 Å². The van der Waals surface area contributed by atoms with Gasteiger partial charge in [0, 0.05) is 54.7 Å². The van der Waals surface area contributed by atoms with Gasteiger partial charge in [0.25, 0.3) is 0 Å². The summed E-state index contributed by atoms with van der Waals surface area (Å²) in [5, 5.41) is 3.66. The second kappa shape index (κ2) is 7.02. The van der Waals surface area contributed by atoms with Crippen molar-refractivity contribution in [3.63, 3.8) is 0 Å². The lowest BCUT2D eigenvalue weighted by Crippen LogP contribution is -2.51. The van der Waals surface area contributed by atoms with E-state index >= 15 is 0 Å². The topological polar surface area (TPSA) is 15.3 Å². The fraction of sp³-hybridized carbons (Fsp3) is 0.600. The Hall–Kier alpha value is -0.160. The summed E-state index contributed by atoms with van der Waals surface area (Å²) in [7, 11) is 0. The Balaban J connectivity index is 1.64. The molecule has 0 spiro atoms. The van der Waals surface area contributed by atoms with Crippen molar-refractivity contribution in [2.75, 3.05) is 42.6 Å². The lowest BCUT2D eigenvalue weighted by Gasteiger charge is -2.38. The standard InChI is InChI=1S/C15H22N2S2/c1-2-4-13(5-3-1)15-10-17(7-6-16-15)14-11-18-8-9-19-12-14/h1-5,14-16H,6-12H2. The average molecular weight is 294 g/mol. The van der Waals surface area contributed by atoms with E-state index in [1.54, 1.807) is 0 Å². The van der Waals surface area contributed by atoms with Gasteiger partial charge in [-0.2, -0.15) is 23.5 Å². The number of hydrogen-bond donors (Lipinski definition) is 1. The maximum atomic E-state index is 3.66. The van der Waals surface area contributed by atoms with Crippen LogP contribution in [0.3, 0.4) is 0 Å². The van der Waals surface area contributed by atoms with Gasteiger partial charge in [-0.15, -0.1) is 0 Å². The Labute approximate surface area is 124 Å². The first kappa shape index (κ1) is 13.8. The molecule has 0 saturated carbocycles. The van der Waals surface area contributed by atoms with Gasteiger partial charge in [0.05, 0.1) is 0 Å². The van der Waals surface area contributed by atoms with Crippen LogP contribution in [0.5, 0.6) is 0 Å². The van der Waals surface area contributed by atoms with E-state index in [1.165, 1.54) is 35.1 Å². The van der Waals surface area contributed by atoms with Crippen LogP contribution in [0.25, 0.3) is 0 Å². The molecule has 3 rings (SSSR count). The number of benzene rings is 1. The van der Waals surface area contributed by atoms with Gasteiger partial charge in [0.2, 0.25) is 0 Å². The van der Waals surface area contributed by atoms with Crippen LogP contribution >= 0.6 is 23.5 Å². The van der Waals surface area contributed by atoms with Gasteiger partial charge in [0.1, 0.15) is 0 Å². The van der Waals surface area contributed by atoms with Crippen molar-refractivity contribution < 1.29 is 0 Å². The number of rotatable bonds is 2. The predicted octanol–water partition coefficient (Wildman–Crippen LogP) is 2.48. The Kier molecular flexibility index (Phi) is 5.10. The summed E-state index contributed by atoms with van der Waals surface area (Å²) in [6.07, 6.45) is 0. The third-order valence-corrected chi connectivity index (χ3v) is 6.40. The van der Waals surface area contributed by atoms with E-state index in [9.17, 15) is 0 Å². The van der Waals surface area contributed by atoms with E-state index in [1.807, 2.05) is 0 Å². The van der Waals surface area contributed by atoms with Crippen molar-refractivity contribution in [1.29, 1.82) is 0 Å². The largest absolute Gasteiger partial charge is 0.308 e. The monoisotopic (exact) mass is 294 g/mol. The van der Waals surface area contributed by atoms with Crippen LogP contribution in [0.4, 0.5) is 0 Å². The molecule has 2 aliphatic heterocycles. The van der Waals surface area contributed by atoms with Gasteiger partial charge in [0.15, 0.2) is 0 Å². The molecule has 2 aliphatic rings. The van der Waals surface area contributed by atoms with E-state index in [-0.39, 0.29) is 0 Å². The van der Waals surface area contributed by atoms with E-state index in [0.29, 0.717) is 6.04 Å². The molecular formula is C15H22N2S2. The van der Waals surface area contributed by atoms with Crippen LogP contribution in [0, 0.1) is 0 Å². The van der Waals surface area contributed by atoms with Gasteiger partial charge >= 0.3 is 0 Å². The maximum absolute atomic E-state index is 3.66. The highest BCUT2D eigenvalue weighted by atomic mass is 32.2. The van der Waals surface area contributed by atoms with Crippen molar-refractivity contribution in [3.05, 3.63) is 35.9 Å². The molecule has 0 amide bonds. The predicted molar refractivity (Wildman–Crippen MR) is 87.2 cm³/mol. The zero-order chi connectivity index (χ0) is 12.9. The molecule has 2 heterocycles. The zero-order valence-corrected chi connectivity index (χ0v) is 12.9. The number of hydrogen-bond acceptors (Lipinski definition) is 4. The summed E-state index contributed by atoms with van der Waals surface area (Å²) in [4.78, 5) is 2.71. The zero-order valence-electron chi connectivity index (χ0n) is 11.3. The van der Waals surface area contributed by atoms with Crippen molar-refractivity contribution >= 4 is 23.5 Å². The summed E-state index contributed by atoms with van der Waals surface area (Å²) in [6.45, 7) is 3.48. The lowest BCUT2D eigenvalue weighted by atomic mass is 10.0. The highest BCUT2D eigenvalue weighted by Crippen LogP contribution is 2.24. The minimum Gasteiger partial charge on any atom is -0.308 e. The summed E-state index contributed by atoms with van der Waals surface area (Å²) in [5.41, 5.74) is 1.43. The summed E-state index contributed by atoms with van der Waals surface area (Å²) in [6, 6.07) is 12.2. The third-order valence-electron chi connectivity index (χ3n) is 3.92. The molecule has 104 valence electrons. The fourth-order valence-corrected chi connectivity index (χ4v) is 5.46. The molecule has 1 atom stereocenters. The highest BCUT2D eigenvalue weighted by molar-refractivity contribution is 8.03. The molecule has 2 nitrogen and oxygen atoms in total. The Morgan fingerprint density at radius 3 is 2.53 bits per heavy atom. The van der Waals surface area contributed by atoms with Gasteiger partial charge in [-0.1, -0.05) is 30.3 Å². The molecule has 1 aromatic carbocycles. The fourth-order valence-electron chi connectivity index (χ4n) is 2.83. The number of nitrogens with one attached hydrogen (secondary N) is 1. The van der Waals surface area contributed by atoms with E-state index in [2.05, 4.69) is 64.1 Å². The molecule has 0 radical (unpaired) electrons. The number of thioether (sulfide) groups is 2. The Morgan fingerprint density at radius 1 is 1.05 bits per heavy atom. The first-order valence-corrected chi connectivity index (χ1v) is 9.42. The van der Waals surface area contributed by atoms with Crippen molar-refractivity contribution in [2.24, 2.45) is 0 Å².